The van der Waals surface area contributed by atoms with E-state index in [2.05, 4.69) is 10.5 Å². The number of halogens is 8. The van der Waals surface area contributed by atoms with Crippen molar-refractivity contribution in [3.8, 4) is 5.75 Å². The van der Waals surface area contributed by atoms with Crippen molar-refractivity contribution in [3.05, 3.63) is 23.3 Å². The topological polar surface area (TPSA) is 35.2 Å². The van der Waals surface area contributed by atoms with Crippen LogP contribution < -0.4 is 10.5 Å². The van der Waals surface area contributed by atoms with Gasteiger partial charge in [0, 0.05) is 0 Å². The standard InChI is InChI=1S/C8H3F8NO/c9-1-3(11)6(4(12)2(10)5(1)17)18-7(13)8(14,15)16/h7H,17H2. The molecule has 0 aliphatic heterocycles. The van der Waals surface area contributed by atoms with Gasteiger partial charge in [0.05, 0.1) is 0 Å². The molecule has 18 heavy (non-hydrogen) atoms. The summed E-state index contributed by atoms with van der Waals surface area (Å²) in [4.78, 5) is 0. The minimum Gasteiger partial charge on any atom is -0.446 e. The molecule has 0 bridgehead atoms. The summed E-state index contributed by atoms with van der Waals surface area (Å²) in [6.45, 7) is 0. The van der Waals surface area contributed by atoms with Crippen LogP contribution in [0, 0.1) is 23.3 Å². The van der Waals surface area contributed by atoms with Crippen molar-refractivity contribution in [2.24, 2.45) is 0 Å². The zero-order valence-corrected chi connectivity index (χ0v) is 8.09. The SMILES string of the molecule is Nc1c(F)c(F)c(OC(F)C(F)(F)F)c(F)c1F. The molecular formula is C8H3F8NO. The summed E-state index contributed by atoms with van der Waals surface area (Å²) in [5, 5.41) is 0. The molecule has 0 radical (unpaired) electrons. The van der Waals surface area contributed by atoms with Gasteiger partial charge in [0.1, 0.15) is 5.69 Å². The van der Waals surface area contributed by atoms with Gasteiger partial charge in [-0.05, 0) is 0 Å². The number of rotatable bonds is 2. The van der Waals surface area contributed by atoms with Crippen LogP contribution in [0.5, 0.6) is 5.75 Å². The maximum atomic E-state index is 12.9. The number of nitrogen functional groups attached to an aromatic ring is 1. The number of hydrogen-bond donors (Lipinski definition) is 1. The fourth-order valence-corrected chi connectivity index (χ4v) is 0.902. The number of anilines is 1. The summed E-state index contributed by atoms with van der Waals surface area (Å²) in [7, 11) is 0. The zero-order valence-electron chi connectivity index (χ0n) is 8.09. The van der Waals surface area contributed by atoms with E-state index >= 15 is 0 Å². The highest BCUT2D eigenvalue weighted by Crippen LogP contribution is 2.34. The normalized spacial score (nSPS) is 13.6. The fraction of sp³-hybridized carbons (Fsp3) is 0.250. The van der Waals surface area contributed by atoms with Gasteiger partial charge in [-0.3, -0.25) is 0 Å². The highest BCUT2D eigenvalue weighted by atomic mass is 19.4. The van der Waals surface area contributed by atoms with Gasteiger partial charge >= 0.3 is 12.5 Å². The van der Waals surface area contributed by atoms with Crippen molar-refractivity contribution >= 4 is 5.69 Å². The lowest BCUT2D eigenvalue weighted by atomic mass is 10.2. The first-order valence-corrected chi connectivity index (χ1v) is 4.06. The maximum absolute atomic E-state index is 12.9. The molecule has 2 nitrogen and oxygen atoms in total. The molecule has 0 fully saturated rings. The van der Waals surface area contributed by atoms with E-state index in [1.54, 1.807) is 0 Å². The lowest BCUT2D eigenvalue weighted by molar-refractivity contribution is -0.237. The first-order valence-electron chi connectivity index (χ1n) is 4.06. The van der Waals surface area contributed by atoms with Gasteiger partial charge < -0.3 is 10.5 Å². The largest absolute Gasteiger partial charge is 0.457 e. The number of nitrogens with two attached hydrogens (primary N) is 1. The Morgan fingerprint density at radius 1 is 0.889 bits per heavy atom. The Morgan fingerprint density at radius 2 is 1.28 bits per heavy atom. The van der Waals surface area contributed by atoms with E-state index in [-0.39, 0.29) is 0 Å². The molecule has 10 heteroatoms. The van der Waals surface area contributed by atoms with E-state index in [1.807, 2.05) is 0 Å². The number of alkyl halides is 4. The molecular weight excluding hydrogens is 278 g/mol. The highest BCUT2D eigenvalue weighted by Gasteiger charge is 2.44. The molecule has 1 unspecified atom stereocenters. The Morgan fingerprint density at radius 3 is 1.61 bits per heavy atom. The number of hydrogen-bond acceptors (Lipinski definition) is 2. The minimum absolute atomic E-state index is 1.60. The second-order valence-electron chi connectivity index (χ2n) is 2.97. The lowest BCUT2D eigenvalue weighted by Crippen LogP contribution is -2.30. The van der Waals surface area contributed by atoms with Gasteiger partial charge in [-0.15, -0.1) is 0 Å². The average molecular weight is 281 g/mol. The first-order chi connectivity index (χ1) is 8.07. The van der Waals surface area contributed by atoms with Gasteiger partial charge in [0.2, 0.25) is 17.4 Å². The summed E-state index contributed by atoms with van der Waals surface area (Å²) in [6, 6.07) is 0. The van der Waals surface area contributed by atoms with Crippen molar-refractivity contribution in [2.45, 2.75) is 12.5 Å². The van der Waals surface area contributed by atoms with Crippen LogP contribution in [0.15, 0.2) is 0 Å². The van der Waals surface area contributed by atoms with Crippen LogP contribution in [-0.4, -0.2) is 12.5 Å². The van der Waals surface area contributed by atoms with E-state index in [4.69, 9.17) is 0 Å². The molecule has 2 N–H and O–H groups in total. The molecule has 0 aliphatic rings. The molecule has 1 aromatic rings. The van der Waals surface area contributed by atoms with Crippen LogP contribution >= 0.6 is 0 Å². The molecule has 1 atom stereocenters. The third-order valence-electron chi connectivity index (χ3n) is 1.74. The van der Waals surface area contributed by atoms with Gasteiger partial charge in [-0.1, -0.05) is 0 Å². The summed E-state index contributed by atoms with van der Waals surface area (Å²) in [5.74, 6) is -11.3. The van der Waals surface area contributed by atoms with Crippen molar-refractivity contribution in [1.29, 1.82) is 0 Å². The third kappa shape index (κ3) is 2.41. The Bertz CT molecular complexity index is 442. The second-order valence-corrected chi connectivity index (χ2v) is 2.97. The third-order valence-corrected chi connectivity index (χ3v) is 1.74. The Kier molecular flexibility index (Phi) is 3.58. The van der Waals surface area contributed by atoms with Crippen LogP contribution in [-0.2, 0) is 0 Å². The molecule has 0 aromatic heterocycles. The van der Waals surface area contributed by atoms with Crippen LogP contribution in [0.4, 0.5) is 40.8 Å². The van der Waals surface area contributed by atoms with E-state index in [9.17, 15) is 35.1 Å². The average Bonchev–Trinajstić information content (AvgIpc) is 2.28. The van der Waals surface area contributed by atoms with E-state index in [1.165, 1.54) is 0 Å². The quantitative estimate of drug-likeness (QED) is 0.513. The lowest BCUT2D eigenvalue weighted by Gasteiger charge is -2.16. The van der Waals surface area contributed by atoms with E-state index in [0.29, 0.717) is 0 Å². The van der Waals surface area contributed by atoms with Crippen molar-refractivity contribution < 1.29 is 39.9 Å². The molecule has 0 saturated carbocycles. The molecule has 0 heterocycles. The van der Waals surface area contributed by atoms with Gasteiger partial charge in [0.15, 0.2) is 11.6 Å². The van der Waals surface area contributed by atoms with Crippen molar-refractivity contribution in [1.82, 2.24) is 0 Å². The van der Waals surface area contributed by atoms with E-state index < -0.39 is 47.2 Å². The molecule has 0 saturated heterocycles. The van der Waals surface area contributed by atoms with Crippen LogP contribution in [0.1, 0.15) is 0 Å². The molecule has 1 aromatic carbocycles. The Hall–Kier alpha value is -1.74. The minimum atomic E-state index is -5.62. The first kappa shape index (κ1) is 14.3. The molecule has 0 aliphatic carbocycles. The second kappa shape index (κ2) is 4.50. The summed E-state index contributed by atoms with van der Waals surface area (Å²) >= 11 is 0. The predicted molar refractivity (Wildman–Crippen MR) is 42.3 cm³/mol. The molecule has 0 spiro atoms. The predicted octanol–water partition coefficient (Wildman–Crippen LogP) is 3.06. The summed E-state index contributed by atoms with van der Waals surface area (Å²) in [5.41, 5.74) is 2.97. The summed E-state index contributed by atoms with van der Waals surface area (Å²) in [6.07, 6.45) is -9.77. The van der Waals surface area contributed by atoms with Gasteiger partial charge in [-0.25, -0.2) is 8.78 Å². The number of benzene rings is 1. The molecule has 1 rings (SSSR count). The molecule has 102 valence electrons. The fourth-order valence-electron chi connectivity index (χ4n) is 0.902. The number of ether oxygens (including phenoxy) is 1. The summed E-state index contributed by atoms with van der Waals surface area (Å²) < 4.78 is 102. The van der Waals surface area contributed by atoms with Crippen LogP contribution in [0.2, 0.25) is 0 Å². The van der Waals surface area contributed by atoms with Gasteiger partial charge in [0.25, 0.3) is 0 Å². The zero-order chi connectivity index (χ0) is 14.2. The Labute approximate surface area is 93.9 Å². The van der Waals surface area contributed by atoms with Crippen LogP contribution in [0.25, 0.3) is 0 Å². The van der Waals surface area contributed by atoms with Crippen molar-refractivity contribution in [3.63, 3.8) is 0 Å². The van der Waals surface area contributed by atoms with E-state index in [0.717, 1.165) is 0 Å². The molecule has 0 amide bonds. The maximum Gasteiger partial charge on any atom is 0.457 e. The Balaban J connectivity index is 3.26. The monoisotopic (exact) mass is 281 g/mol. The smallest absolute Gasteiger partial charge is 0.446 e. The van der Waals surface area contributed by atoms with Gasteiger partial charge in [-0.2, -0.15) is 26.3 Å². The highest BCUT2D eigenvalue weighted by molar-refractivity contribution is 5.47. The van der Waals surface area contributed by atoms with Crippen LogP contribution in [0.3, 0.4) is 0 Å². The van der Waals surface area contributed by atoms with Crippen molar-refractivity contribution in [2.75, 3.05) is 5.73 Å².